The van der Waals surface area contributed by atoms with E-state index in [-0.39, 0.29) is 29.1 Å². The molecule has 6 heteroatoms. The van der Waals surface area contributed by atoms with Crippen molar-refractivity contribution in [2.24, 2.45) is 11.7 Å². The molecule has 1 aromatic heterocycles. The number of fused-ring (bicyclic) bond motifs is 1. The van der Waals surface area contributed by atoms with Gasteiger partial charge in [0.05, 0.1) is 5.39 Å². The standard InChI is InChI=1S/C16H22N4O2/c1-10(2)9-20-16(22)13-7-5-4-6-12(13)14(19-20)15(21)18-11(3)8-17/h4-7,10-11H,8-9,17H2,1-3H3,(H,18,21)/t11-/m0/s1. The molecule has 1 atom stereocenters. The van der Waals surface area contributed by atoms with Gasteiger partial charge in [0, 0.05) is 24.5 Å². The van der Waals surface area contributed by atoms with Crippen molar-refractivity contribution in [2.75, 3.05) is 6.54 Å². The molecule has 0 radical (unpaired) electrons. The molecule has 2 aromatic rings. The van der Waals surface area contributed by atoms with Crippen LogP contribution in [0.2, 0.25) is 0 Å². The van der Waals surface area contributed by atoms with Crippen LogP contribution in [0.1, 0.15) is 31.3 Å². The molecule has 0 saturated carbocycles. The molecular weight excluding hydrogens is 280 g/mol. The Hall–Kier alpha value is -2.21. The van der Waals surface area contributed by atoms with Gasteiger partial charge in [-0.1, -0.05) is 32.0 Å². The van der Waals surface area contributed by atoms with Crippen LogP contribution in [0.15, 0.2) is 29.1 Å². The Kier molecular flexibility index (Phi) is 4.92. The highest BCUT2D eigenvalue weighted by molar-refractivity contribution is 6.04. The smallest absolute Gasteiger partial charge is 0.274 e. The van der Waals surface area contributed by atoms with Crippen LogP contribution in [0.25, 0.3) is 10.8 Å². The second kappa shape index (κ2) is 6.70. The van der Waals surface area contributed by atoms with Gasteiger partial charge in [0.25, 0.3) is 11.5 Å². The average molecular weight is 302 g/mol. The second-order valence-corrected chi connectivity index (χ2v) is 5.89. The van der Waals surface area contributed by atoms with E-state index >= 15 is 0 Å². The van der Waals surface area contributed by atoms with Crippen LogP contribution in [-0.2, 0) is 6.54 Å². The number of carbonyl (C=O) groups is 1. The van der Waals surface area contributed by atoms with Crippen molar-refractivity contribution in [1.82, 2.24) is 15.1 Å². The molecule has 0 spiro atoms. The van der Waals surface area contributed by atoms with Gasteiger partial charge in [-0.25, -0.2) is 4.68 Å². The molecule has 0 aliphatic heterocycles. The number of nitrogens with two attached hydrogens (primary N) is 1. The van der Waals surface area contributed by atoms with Crippen LogP contribution in [0.5, 0.6) is 0 Å². The second-order valence-electron chi connectivity index (χ2n) is 5.89. The minimum atomic E-state index is -0.313. The number of nitrogens with zero attached hydrogens (tertiary/aromatic N) is 2. The lowest BCUT2D eigenvalue weighted by Crippen LogP contribution is -2.39. The lowest BCUT2D eigenvalue weighted by atomic mass is 10.1. The lowest BCUT2D eigenvalue weighted by Gasteiger charge is -2.14. The third kappa shape index (κ3) is 3.33. The molecule has 118 valence electrons. The summed E-state index contributed by atoms with van der Waals surface area (Å²) < 4.78 is 1.37. The summed E-state index contributed by atoms with van der Waals surface area (Å²) in [6.07, 6.45) is 0. The van der Waals surface area contributed by atoms with E-state index in [2.05, 4.69) is 10.4 Å². The molecule has 0 aliphatic carbocycles. The maximum absolute atomic E-state index is 12.5. The molecule has 1 aromatic carbocycles. The van der Waals surface area contributed by atoms with Crippen molar-refractivity contribution in [1.29, 1.82) is 0 Å². The zero-order valence-electron chi connectivity index (χ0n) is 13.2. The van der Waals surface area contributed by atoms with Gasteiger partial charge in [-0.3, -0.25) is 9.59 Å². The lowest BCUT2D eigenvalue weighted by molar-refractivity contribution is 0.0935. The number of benzene rings is 1. The van der Waals surface area contributed by atoms with E-state index in [1.165, 1.54) is 4.68 Å². The number of nitrogens with one attached hydrogen (secondary N) is 1. The minimum absolute atomic E-state index is 0.154. The third-order valence-electron chi connectivity index (χ3n) is 3.35. The van der Waals surface area contributed by atoms with Gasteiger partial charge >= 0.3 is 0 Å². The zero-order valence-corrected chi connectivity index (χ0v) is 13.2. The van der Waals surface area contributed by atoms with Gasteiger partial charge in [-0.05, 0) is 18.9 Å². The number of hydrogen-bond acceptors (Lipinski definition) is 4. The van der Waals surface area contributed by atoms with Gasteiger partial charge < -0.3 is 11.1 Å². The van der Waals surface area contributed by atoms with Crippen molar-refractivity contribution in [2.45, 2.75) is 33.4 Å². The molecule has 2 rings (SSSR count). The number of amides is 1. The van der Waals surface area contributed by atoms with Crippen LogP contribution < -0.4 is 16.6 Å². The van der Waals surface area contributed by atoms with Gasteiger partial charge in [-0.15, -0.1) is 0 Å². The zero-order chi connectivity index (χ0) is 16.3. The summed E-state index contributed by atoms with van der Waals surface area (Å²) in [6.45, 7) is 6.63. The highest BCUT2D eigenvalue weighted by atomic mass is 16.2. The Balaban J connectivity index is 2.59. The van der Waals surface area contributed by atoms with Crippen LogP contribution in [0, 0.1) is 5.92 Å². The molecule has 3 N–H and O–H groups in total. The van der Waals surface area contributed by atoms with E-state index in [4.69, 9.17) is 5.73 Å². The number of aromatic nitrogens is 2. The summed E-state index contributed by atoms with van der Waals surface area (Å²) in [5, 5.41) is 8.14. The highest BCUT2D eigenvalue weighted by Crippen LogP contribution is 2.13. The third-order valence-corrected chi connectivity index (χ3v) is 3.35. The van der Waals surface area contributed by atoms with Crippen molar-refractivity contribution in [3.8, 4) is 0 Å². The summed E-state index contributed by atoms with van der Waals surface area (Å²) in [4.78, 5) is 24.9. The van der Waals surface area contributed by atoms with Gasteiger partial charge in [0.1, 0.15) is 0 Å². The van der Waals surface area contributed by atoms with Gasteiger partial charge in [-0.2, -0.15) is 5.10 Å². The number of rotatable bonds is 5. The first-order valence-corrected chi connectivity index (χ1v) is 7.44. The Morgan fingerprint density at radius 2 is 1.91 bits per heavy atom. The first-order valence-electron chi connectivity index (χ1n) is 7.44. The van der Waals surface area contributed by atoms with Crippen molar-refractivity contribution in [3.63, 3.8) is 0 Å². The summed E-state index contributed by atoms with van der Waals surface area (Å²) in [5.74, 6) is -0.0584. The molecule has 0 saturated heterocycles. The monoisotopic (exact) mass is 302 g/mol. The summed E-state index contributed by atoms with van der Waals surface area (Å²) in [5.41, 5.74) is 5.63. The van der Waals surface area contributed by atoms with E-state index < -0.39 is 0 Å². The van der Waals surface area contributed by atoms with E-state index in [9.17, 15) is 9.59 Å². The van der Waals surface area contributed by atoms with Crippen molar-refractivity contribution >= 4 is 16.7 Å². The van der Waals surface area contributed by atoms with Gasteiger partial charge in [0.15, 0.2) is 5.69 Å². The van der Waals surface area contributed by atoms with E-state index in [0.29, 0.717) is 23.9 Å². The largest absolute Gasteiger partial charge is 0.347 e. The minimum Gasteiger partial charge on any atom is -0.347 e. The Labute approximate surface area is 129 Å². The maximum Gasteiger partial charge on any atom is 0.274 e. The fourth-order valence-corrected chi connectivity index (χ4v) is 2.22. The fourth-order valence-electron chi connectivity index (χ4n) is 2.22. The predicted octanol–water partition coefficient (Wildman–Crippen LogP) is 1.13. The first-order chi connectivity index (χ1) is 10.4. The Morgan fingerprint density at radius 3 is 2.50 bits per heavy atom. The molecular formula is C16H22N4O2. The molecule has 22 heavy (non-hydrogen) atoms. The van der Waals surface area contributed by atoms with Gasteiger partial charge in [0.2, 0.25) is 0 Å². The number of carbonyl (C=O) groups excluding carboxylic acids is 1. The summed E-state index contributed by atoms with van der Waals surface area (Å²) >= 11 is 0. The molecule has 0 unspecified atom stereocenters. The maximum atomic E-state index is 12.5. The molecule has 0 bridgehead atoms. The average Bonchev–Trinajstić information content (AvgIpc) is 2.49. The summed E-state index contributed by atoms with van der Waals surface area (Å²) in [6, 6.07) is 6.89. The predicted molar refractivity (Wildman–Crippen MR) is 86.8 cm³/mol. The Bertz CT molecular complexity index is 736. The van der Waals surface area contributed by atoms with E-state index in [0.717, 1.165) is 0 Å². The van der Waals surface area contributed by atoms with E-state index in [1.807, 2.05) is 20.8 Å². The number of hydrogen-bond donors (Lipinski definition) is 2. The molecule has 1 heterocycles. The molecule has 1 amide bonds. The molecule has 0 fully saturated rings. The van der Waals surface area contributed by atoms with Crippen LogP contribution in [-0.4, -0.2) is 28.3 Å². The first kappa shape index (κ1) is 16.2. The SMILES string of the molecule is CC(C)Cn1nc(C(=O)N[C@@H](C)CN)c2ccccc2c1=O. The normalized spacial score (nSPS) is 12.6. The highest BCUT2D eigenvalue weighted by Gasteiger charge is 2.18. The Morgan fingerprint density at radius 1 is 1.27 bits per heavy atom. The van der Waals surface area contributed by atoms with E-state index in [1.54, 1.807) is 24.3 Å². The van der Waals surface area contributed by atoms with Crippen LogP contribution in [0.4, 0.5) is 0 Å². The quantitative estimate of drug-likeness (QED) is 0.866. The van der Waals surface area contributed by atoms with Crippen LogP contribution >= 0.6 is 0 Å². The topological polar surface area (TPSA) is 90.0 Å². The fraction of sp³-hybridized carbons (Fsp3) is 0.438. The van der Waals surface area contributed by atoms with Crippen molar-refractivity contribution < 1.29 is 4.79 Å². The van der Waals surface area contributed by atoms with Crippen LogP contribution in [0.3, 0.4) is 0 Å². The summed E-state index contributed by atoms with van der Waals surface area (Å²) in [7, 11) is 0. The molecule has 0 aliphatic rings. The molecule has 6 nitrogen and oxygen atoms in total. The van der Waals surface area contributed by atoms with Crippen molar-refractivity contribution in [3.05, 3.63) is 40.3 Å².